The summed E-state index contributed by atoms with van der Waals surface area (Å²) >= 11 is 0. The highest BCUT2D eigenvalue weighted by Crippen LogP contribution is 2.22. The molecule has 0 spiro atoms. The number of carbonyl (C=O) groups excluding carboxylic acids is 3. The van der Waals surface area contributed by atoms with Crippen molar-refractivity contribution >= 4 is 17.7 Å². The first kappa shape index (κ1) is 17.0. The number of furan rings is 1. The predicted octanol–water partition coefficient (Wildman–Crippen LogP) is 2.52. The van der Waals surface area contributed by atoms with E-state index in [1.165, 1.54) is 9.80 Å². The Hall–Kier alpha value is -2.89. The first-order chi connectivity index (χ1) is 11.9. The summed E-state index contributed by atoms with van der Waals surface area (Å²) in [4.78, 5) is 39.8. The van der Waals surface area contributed by atoms with Crippen LogP contribution in [0.4, 0.5) is 0 Å². The Kier molecular flexibility index (Phi) is 4.44. The van der Waals surface area contributed by atoms with E-state index in [0.29, 0.717) is 11.1 Å². The number of fused-ring (bicyclic) bond motifs is 1. The second-order valence-electron chi connectivity index (χ2n) is 6.10. The third-order valence-corrected chi connectivity index (χ3v) is 4.44. The van der Waals surface area contributed by atoms with Crippen LogP contribution in [0, 0.1) is 6.92 Å². The summed E-state index contributed by atoms with van der Waals surface area (Å²) in [6.07, 6.45) is 0.720. The lowest BCUT2D eigenvalue weighted by Crippen LogP contribution is -2.39. The highest BCUT2D eigenvalue weighted by Gasteiger charge is 2.35. The van der Waals surface area contributed by atoms with Crippen LogP contribution in [0.2, 0.25) is 0 Å². The average molecular weight is 340 g/mol. The van der Waals surface area contributed by atoms with Gasteiger partial charge in [-0.1, -0.05) is 19.1 Å². The maximum atomic E-state index is 12.5. The van der Waals surface area contributed by atoms with Crippen LogP contribution in [0.25, 0.3) is 0 Å². The van der Waals surface area contributed by atoms with Crippen LogP contribution in [0.3, 0.4) is 0 Å². The maximum Gasteiger partial charge on any atom is 0.289 e. The van der Waals surface area contributed by atoms with Gasteiger partial charge in [0, 0.05) is 26.6 Å². The molecule has 25 heavy (non-hydrogen) atoms. The van der Waals surface area contributed by atoms with Crippen LogP contribution < -0.4 is 0 Å². The van der Waals surface area contributed by atoms with Gasteiger partial charge in [0.1, 0.15) is 5.76 Å². The van der Waals surface area contributed by atoms with Crippen LogP contribution in [-0.2, 0) is 6.42 Å². The molecular formula is C19H20N2O4. The lowest BCUT2D eigenvalue weighted by Gasteiger charge is -2.20. The largest absolute Gasteiger partial charge is 0.456 e. The number of likely N-dealkylation sites (N-methyl/N-ethyl adjacent to an activating group) is 1. The monoisotopic (exact) mass is 340 g/mol. The van der Waals surface area contributed by atoms with Crippen molar-refractivity contribution in [3.63, 3.8) is 0 Å². The van der Waals surface area contributed by atoms with Crippen molar-refractivity contribution in [2.24, 2.45) is 0 Å². The quantitative estimate of drug-likeness (QED) is 0.784. The lowest BCUT2D eigenvalue weighted by molar-refractivity contribution is 0.0607. The van der Waals surface area contributed by atoms with Crippen molar-refractivity contribution in [1.29, 1.82) is 0 Å². The smallest absolute Gasteiger partial charge is 0.289 e. The van der Waals surface area contributed by atoms with Crippen molar-refractivity contribution < 1.29 is 18.8 Å². The Morgan fingerprint density at radius 3 is 2.28 bits per heavy atom. The van der Waals surface area contributed by atoms with E-state index in [1.807, 2.05) is 13.8 Å². The van der Waals surface area contributed by atoms with Gasteiger partial charge in [-0.3, -0.25) is 19.3 Å². The van der Waals surface area contributed by atoms with Gasteiger partial charge in [0.15, 0.2) is 5.76 Å². The zero-order chi connectivity index (χ0) is 18.1. The van der Waals surface area contributed by atoms with E-state index >= 15 is 0 Å². The molecule has 1 aliphatic rings. The van der Waals surface area contributed by atoms with Crippen molar-refractivity contribution in [2.75, 3.05) is 20.1 Å². The molecule has 130 valence electrons. The number of amides is 3. The SMILES string of the molecule is CCc1oc(C(=O)N(C)CCN2C(=O)c3ccccc3C2=O)cc1C. The second-order valence-corrected chi connectivity index (χ2v) is 6.10. The Bertz CT molecular complexity index is 818. The molecule has 3 amide bonds. The molecule has 0 N–H and O–H groups in total. The van der Waals surface area contributed by atoms with Crippen LogP contribution in [-0.4, -0.2) is 47.7 Å². The molecule has 0 aliphatic carbocycles. The Balaban J connectivity index is 1.66. The van der Waals surface area contributed by atoms with E-state index in [2.05, 4.69) is 0 Å². The van der Waals surface area contributed by atoms with Gasteiger partial charge in [0.25, 0.3) is 17.7 Å². The van der Waals surface area contributed by atoms with Gasteiger partial charge < -0.3 is 9.32 Å². The van der Waals surface area contributed by atoms with Gasteiger partial charge in [-0.15, -0.1) is 0 Å². The summed E-state index contributed by atoms with van der Waals surface area (Å²) in [5.74, 6) is 0.169. The first-order valence-electron chi connectivity index (χ1n) is 8.24. The maximum absolute atomic E-state index is 12.5. The lowest BCUT2D eigenvalue weighted by atomic mass is 10.1. The fourth-order valence-electron chi connectivity index (χ4n) is 2.96. The predicted molar refractivity (Wildman–Crippen MR) is 91.6 cm³/mol. The van der Waals surface area contributed by atoms with Gasteiger partial charge in [0.2, 0.25) is 0 Å². The fourth-order valence-corrected chi connectivity index (χ4v) is 2.96. The van der Waals surface area contributed by atoms with E-state index in [9.17, 15) is 14.4 Å². The van der Waals surface area contributed by atoms with Crippen molar-refractivity contribution in [2.45, 2.75) is 20.3 Å². The topological polar surface area (TPSA) is 70.8 Å². The molecule has 0 fully saturated rings. The Labute approximate surface area is 146 Å². The summed E-state index contributed by atoms with van der Waals surface area (Å²) in [5, 5.41) is 0. The molecule has 6 nitrogen and oxygen atoms in total. The number of imide groups is 1. The molecule has 6 heteroatoms. The molecule has 0 bridgehead atoms. The van der Waals surface area contributed by atoms with Crippen LogP contribution in [0.5, 0.6) is 0 Å². The molecule has 0 radical (unpaired) electrons. The van der Waals surface area contributed by atoms with Crippen LogP contribution in [0.1, 0.15) is 49.5 Å². The minimum atomic E-state index is -0.316. The third-order valence-electron chi connectivity index (χ3n) is 4.44. The molecule has 1 aromatic heterocycles. The van der Waals surface area contributed by atoms with Crippen molar-refractivity contribution in [3.8, 4) is 0 Å². The van der Waals surface area contributed by atoms with Crippen LogP contribution >= 0.6 is 0 Å². The van der Waals surface area contributed by atoms with E-state index in [-0.39, 0.29) is 36.6 Å². The molecular weight excluding hydrogens is 320 g/mol. The summed E-state index contributed by atoms with van der Waals surface area (Å²) in [6.45, 7) is 4.25. The molecule has 0 saturated carbocycles. The molecule has 0 saturated heterocycles. The normalized spacial score (nSPS) is 13.3. The van der Waals surface area contributed by atoms with E-state index in [4.69, 9.17) is 4.42 Å². The molecule has 1 aromatic carbocycles. The molecule has 3 rings (SSSR count). The van der Waals surface area contributed by atoms with Crippen molar-refractivity contribution in [1.82, 2.24) is 9.80 Å². The molecule has 2 aromatic rings. The highest BCUT2D eigenvalue weighted by molar-refractivity contribution is 6.21. The zero-order valence-electron chi connectivity index (χ0n) is 14.5. The summed E-state index contributed by atoms with van der Waals surface area (Å²) in [5.41, 5.74) is 1.77. The number of carbonyl (C=O) groups is 3. The number of aryl methyl sites for hydroxylation is 2. The van der Waals surface area contributed by atoms with Gasteiger partial charge in [-0.2, -0.15) is 0 Å². The minimum Gasteiger partial charge on any atom is -0.456 e. The molecule has 2 heterocycles. The Morgan fingerprint density at radius 1 is 1.16 bits per heavy atom. The average Bonchev–Trinajstić information content (AvgIpc) is 3.11. The summed E-state index contributed by atoms with van der Waals surface area (Å²) in [7, 11) is 1.63. The van der Waals surface area contributed by atoms with Gasteiger partial charge in [0.05, 0.1) is 11.1 Å². The molecule has 1 aliphatic heterocycles. The number of rotatable bonds is 5. The van der Waals surface area contributed by atoms with E-state index < -0.39 is 0 Å². The number of hydrogen-bond donors (Lipinski definition) is 0. The summed E-state index contributed by atoms with van der Waals surface area (Å²) < 4.78 is 5.57. The number of nitrogens with zero attached hydrogens (tertiary/aromatic N) is 2. The third kappa shape index (κ3) is 2.95. The number of hydrogen-bond acceptors (Lipinski definition) is 4. The first-order valence-corrected chi connectivity index (χ1v) is 8.24. The van der Waals surface area contributed by atoms with Gasteiger partial charge >= 0.3 is 0 Å². The fraction of sp³-hybridized carbons (Fsp3) is 0.316. The standard InChI is InChI=1S/C19H20N2O4/c1-4-15-12(2)11-16(25-15)19(24)20(3)9-10-21-17(22)13-7-5-6-8-14(13)18(21)23/h5-8,11H,4,9-10H2,1-3H3. The minimum absolute atomic E-state index is 0.148. The zero-order valence-corrected chi connectivity index (χ0v) is 14.5. The summed E-state index contributed by atoms with van der Waals surface area (Å²) in [6, 6.07) is 8.46. The van der Waals surface area contributed by atoms with Gasteiger partial charge in [-0.05, 0) is 30.7 Å². The Morgan fingerprint density at radius 2 is 1.76 bits per heavy atom. The highest BCUT2D eigenvalue weighted by atomic mass is 16.4. The second kappa shape index (κ2) is 6.55. The number of benzene rings is 1. The van der Waals surface area contributed by atoms with Crippen molar-refractivity contribution in [3.05, 3.63) is 58.5 Å². The van der Waals surface area contributed by atoms with E-state index in [1.54, 1.807) is 37.4 Å². The molecule has 0 atom stereocenters. The van der Waals surface area contributed by atoms with Crippen LogP contribution in [0.15, 0.2) is 34.7 Å². The van der Waals surface area contributed by atoms with Gasteiger partial charge in [-0.25, -0.2) is 0 Å². The molecule has 0 unspecified atom stereocenters. The van der Waals surface area contributed by atoms with E-state index in [0.717, 1.165) is 17.7 Å².